The summed E-state index contributed by atoms with van der Waals surface area (Å²) in [6.45, 7) is 3.64. The molecular formula is C12H11FINO. The van der Waals surface area contributed by atoms with Crippen molar-refractivity contribution in [1.29, 1.82) is 5.26 Å². The first-order valence-corrected chi connectivity index (χ1v) is 5.94. The molecule has 0 radical (unpaired) electrons. The van der Waals surface area contributed by atoms with Gasteiger partial charge in [-0.2, -0.15) is 5.26 Å². The van der Waals surface area contributed by atoms with Crippen molar-refractivity contribution < 1.29 is 9.18 Å². The topological polar surface area (TPSA) is 40.9 Å². The molecule has 0 heterocycles. The molecule has 1 aromatic rings. The van der Waals surface area contributed by atoms with Gasteiger partial charge in [0.15, 0.2) is 5.78 Å². The summed E-state index contributed by atoms with van der Waals surface area (Å²) >= 11 is 1.90. The van der Waals surface area contributed by atoms with Gasteiger partial charge in [0.25, 0.3) is 0 Å². The second-order valence-corrected chi connectivity index (χ2v) is 5.00. The fourth-order valence-electron chi connectivity index (χ4n) is 1.37. The lowest BCUT2D eigenvalue weighted by Gasteiger charge is -2.12. The van der Waals surface area contributed by atoms with Crippen LogP contribution in [0, 0.1) is 32.6 Å². The number of carbonyl (C=O) groups excluding carboxylic acids is 1. The SMILES string of the molecule is CC(C)C(C#N)C(=O)c1ccc(F)cc1I. The van der Waals surface area contributed by atoms with Gasteiger partial charge in [-0.05, 0) is 46.7 Å². The molecule has 0 N–H and O–H groups in total. The molecule has 0 bridgehead atoms. The predicted molar refractivity (Wildman–Crippen MR) is 67.4 cm³/mol. The zero-order valence-electron chi connectivity index (χ0n) is 9.00. The first kappa shape index (κ1) is 13.1. The molecule has 84 valence electrons. The second-order valence-electron chi connectivity index (χ2n) is 3.84. The molecular weight excluding hydrogens is 320 g/mol. The van der Waals surface area contributed by atoms with Gasteiger partial charge < -0.3 is 0 Å². The summed E-state index contributed by atoms with van der Waals surface area (Å²) in [6, 6.07) is 5.97. The molecule has 2 nitrogen and oxygen atoms in total. The number of rotatable bonds is 3. The number of hydrogen-bond donors (Lipinski definition) is 0. The molecule has 0 spiro atoms. The minimum atomic E-state index is -0.668. The van der Waals surface area contributed by atoms with Crippen LogP contribution in [0.1, 0.15) is 24.2 Å². The van der Waals surface area contributed by atoms with Crippen molar-refractivity contribution in [1.82, 2.24) is 0 Å². The Balaban J connectivity index is 3.10. The quantitative estimate of drug-likeness (QED) is 0.629. The molecule has 1 rings (SSSR count). The van der Waals surface area contributed by atoms with Gasteiger partial charge in [-0.15, -0.1) is 0 Å². The minimum absolute atomic E-state index is 0.0432. The Morgan fingerprint density at radius 2 is 2.12 bits per heavy atom. The number of benzene rings is 1. The average molecular weight is 331 g/mol. The van der Waals surface area contributed by atoms with Gasteiger partial charge in [0.05, 0.1) is 6.07 Å². The van der Waals surface area contributed by atoms with Crippen molar-refractivity contribution in [3.05, 3.63) is 33.1 Å². The zero-order chi connectivity index (χ0) is 12.3. The number of nitriles is 1. The molecule has 16 heavy (non-hydrogen) atoms. The van der Waals surface area contributed by atoms with E-state index in [1.807, 2.05) is 42.5 Å². The van der Waals surface area contributed by atoms with Gasteiger partial charge >= 0.3 is 0 Å². The summed E-state index contributed by atoms with van der Waals surface area (Å²) in [7, 11) is 0. The van der Waals surface area contributed by atoms with Crippen LogP contribution in [0.3, 0.4) is 0 Å². The molecule has 0 aliphatic carbocycles. The molecule has 0 aliphatic heterocycles. The number of ketones is 1. The number of carbonyl (C=O) groups is 1. The number of Topliss-reactive ketones (excluding diaryl/α,β-unsaturated/α-hetero) is 1. The first-order valence-electron chi connectivity index (χ1n) is 4.86. The zero-order valence-corrected chi connectivity index (χ0v) is 11.2. The highest BCUT2D eigenvalue weighted by Crippen LogP contribution is 2.21. The summed E-state index contributed by atoms with van der Waals surface area (Å²) in [4.78, 5) is 12.0. The van der Waals surface area contributed by atoms with E-state index in [-0.39, 0.29) is 17.5 Å². The Morgan fingerprint density at radius 1 is 1.50 bits per heavy atom. The van der Waals surface area contributed by atoms with Crippen LogP contribution >= 0.6 is 22.6 Å². The van der Waals surface area contributed by atoms with E-state index >= 15 is 0 Å². The predicted octanol–water partition coefficient (Wildman–Crippen LogP) is 3.41. The van der Waals surface area contributed by atoms with Crippen LogP contribution in [0.2, 0.25) is 0 Å². The van der Waals surface area contributed by atoms with E-state index in [0.29, 0.717) is 9.13 Å². The van der Waals surface area contributed by atoms with E-state index in [2.05, 4.69) is 0 Å². The van der Waals surface area contributed by atoms with E-state index in [9.17, 15) is 9.18 Å². The van der Waals surface area contributed by atoms with E-state index in [4.69, 9.17) is 5.26 Å². The molecule has 1 unspecified atom stereocenters. The Bertz CT molecular complexity index is 451. The van der Waals surface area contributed by atoms with Crippen molar-refractivity contribution in [2.24, 2.45) is 11.8 Å². The van der Waals surface area contributed by atoms with Gasteiger partial charge in [0.1, 0.15) is 11.7 Å². The van der Waals surface area contributed by atoms with E-state index in [0.717, 1.165) is 0 Å². The molecule has 4 heteroatoms. The second kappa shape index (κ2) is 5.39. The van der Waals surface area contributed by atoms with Crippen molar-refractivity contribution >= 4 is 28.4 Å². The average Bonchev–Trinajstić information content (AvgIpc) is 2.17. The van der Waals surface area contributed by atoms with Gasteiger partial charge in [0, 0.05) is 9.13 Å². The molecule has 1 atom stereocenters. The monoisotopic (exact) mass is 331 g/mol. The lowest BCUT2D eigenvalue weighted by atomic mass is 9.89. The van der Waals surface area contributed by atoms with Crippen LogP contribution in [-0.4, -0.2) is 5.78 Å². The number of nitrogens with zero attached hydrogens (tertiary/aromatic N) is 1. The fraction of sp³-hybridized carbons (Fsp3) is 0.333. The third kappa shape index (κ3) is 2.79. The third-order valence-corrected chi connectivity index (χ3v) is 3.18. The summed E-state index contributed by atoms with van der Waals surface area (Å²) < 4.78 is 13.4. The van der Waals surface area contributed by atoms with Crippen LogP contribution in [0.25, 0.3) is 0 Å². The van der Waals surface area contributed by atoms with Crippen LogP contribution < -0.4 is 0 Å². The molecule has 0 amide bonds. The lowest BCUT2D eigenvalue weighted by molar-refractivity contribution is 0.0923. The molecule has 0 fully saturated rings. The maximum atomic E-state index is 12.9. The minimum Gasteiger partial charge on any atom is -0.293 e. The van der Waals surface area contributed by atoms with Crippen molar-refractivity contribution in [2.45, 2.75) is 13.8 Å². The number of halogens is 2. The molecule has 1 aromatic carbocycles. The summed E-state index contributed by atoms with van der Waals surface area (Å²) in [5.41, 5.74) is 0.419. The Hall–Kier alpha value is -0.960. The van der Waals surface area contributed by atoms with Gasteiger partial charge in [-0.3, -0.25) is 4.79 Å². The first-order chi connectivity index (χ1) is 7.47. The van der Waals surface area contributed by atoms with Gasteiger partial charge in [0.2, 0.25) is 0 Å². The summed E-state index contributed by atoms with van der Waals surface area (Å²) in [5, 5.41) is 8.93. The van der Waals surface area contributed by atoms with Gasteiger partial charge in [-0.1, -0.05) is 13.8 Å². The standard InChI is InChI=1S/C12H11FINO/c1-7(2)10(6-15)12(16)9-4-3-8(13)5-11(9)14/h3-5,7,10H,1-2H3. The van der Waals surface area contributed by atoms with Crippen molar-refractivity contribution in [3.8, 4) is 6.07 Å². The normalized spacial score (nSPS) is 12.2. The van der Waals surface area contributed by atoms with Crippen LogP contribution in [0.4, 0.5) is 4.39 Å². The maximum absolute atomic E-state index is 12.9. The third-order valence-electron chi connectivity index (χ3n) is 2.28. The molecule has 0 saturated heterocycles. The van der Waals surface area contributed by atoms with E-state index in [1.54, 1.807) is 0 Å². The Morgan fingerprint density at radius 3 is 2.56 bits per heavy atom. The maximum Gasteiger partial charge on any atom is 0.181 e. The van der Waals surface area contributed by atoms with Crippen molar-refractivity contribution in [3.63, 3.8) is 0 Å². The summed E-state index contributed by atoms with van der Waals surface area (Å²) in [6.07, 6.45) is 0. The summed E-state index contributed by atoms with van der Waals surface area (Å²) in [5.74, 6) is -1.32. The molecule has 0 saturated carbocycles. The van der Waals surface area contributed by atoms with Crippen LogP contribution in [-0.2, 0) is 0 Å². The highest BCUT2D eigenvalue weighted by molar-refractivity contribution is 14.1. The van der Waals surface area contributed by atoms with E-state index in [1.165, 1.54) is 18.2 Å². The smallest absolute Gasteiger partial charge is 0.181 e. The van der Waals surface area contributed by atoms with Gasteiger partial charge in [-0.25, -0.2) is 4.39 Å². The Kier molecular flexibility index (Phi) is 4.42. The van der Waals surface area contributed by atoms with Crippen LogP contribution in [0.5, 0.6) is 0 Å². The van der Waals surface area contributed by atoms with E-state index < -0.39 is 5.92 Å². The van der Waals surface area contributed by atoms with Crippen molar-refractivity contribution in [2.75, 3.05) is 0 Å². The fourth-order valence-corrected chi connectivity index (χ4v) is 2.11. The highest BCUT2D eigenvalue weighted by Gasteiger charge is 2.24. The Labute approximate surface area is 108 Å². The molecule has 0 aromatic heterocycles. The largest absolute Gasteiger partial charge is 0.293 e. The lowest BCUT2D eigenvalue weighted by Crippen LogP contribution is -2.19. The number of hydrogen-bond acceptors (Lipinski definition) is 2. The van der Waals surface area contributed by atoms with Crippen LogP contribution in [0.15, 0.2) is 18.2 Å². The highest BCUT2D eigenvalue weighted by atomic mass is 127. The molecule has 0 aliphatic rings.